The highest BCUT2D eigenvalue weighted by Crippen LogP contribution is 2.01. The Kier molecular flexibility index (Phi) is 6.81. The Hall–Kier alpha value is -0.940. The van der Waals surface area contributed by atoms with Crippen molar-refractivity contribution >= 4 is 0 Å². The molecule has 0 aliphatic heterocycles. The molecule has 0 radical (unpaired) electrons. The summed E-state index contributed by atoms with van der Waals surface area (Å²) in [4.78, 5) is 0. The van der Waals surface area contributed by atoms with E-state index in [1.165, 1.54) is 19.3 Å². The zero-order valence-corrected chi connectivity index (χ0v) is 10.9. The van der Waals surface area contributed by atoms with E-state index in [0.29, 0.717) is 6.04 Å². The van der Waals surface area contributed by atoms with E-state index in [2.05, 4.69) is 29.5 Å². The van der Waals surface area contributed by atoms with Crippen molar-refractivity contribution in [3.05, 3.63) is 11.9 Å². The summed E-state index contributed by atoms with van der Waals surface area (Å²) in [6.45, 7) is 6.10. The average Bonchev–Trinajstić information content (AvgIpc) is 2.79. The number of unbranched alkanes of at least 4 members (excludes halogenated alkanes) is 1. The second kappa shape index (κ2) is 8.20. The van der Waals surface area contributed by atoms with Gasteiger partial charge in [0.1, 0.15) is 0 Å². The second-order valence-electron chi connectivity index (χ2n) is 4.47. The Balaban J connectivity index is 2.24. The average molecular weight is 240 g/mol. The molecule has 0 aromatic carbocycles. The van der Waals surface area contributed by atoms with Crippen molar-refractivity contribution in [2.45, 2.75) is 58.7 Å². The zero-order chi connectivity index (χ0) is 12.5. The Morgan fingerprint density at radius 3 is 3.00 bits per heavy atom. The molecule has 98 valence electrons. The van der Waals surface area contributed by atoms with Crippen LogP contribution in [0.15, 0.2) is 6.20 Å². The lowest BCUT2D eigenvalue weighted by molar-refractivity contribution is 0.276. The van der Waals surface area contributed by atoms with Crippen LogP contribution in [0, 0.1) is 0 Å². The van der Waals surface area contributed by atoms with Crippen LogP contribution in [0.5, 0.6) is 0 Å². The molecule has 17 heavy (non-hydrogen) atoms. The maximum absolute atomic E-state index is 8.72. The van der Waals surface area contributed by atoms with Gasteiger partial charge in [-0.05, 0) is 19.8 Å². The number of aliphatic hydroxyl groups is 1. The SMILES string of the molecule is CCCCC(C)NCc1cn(CCCO)nn1. The summed E-state index contributed by atoms with van der Waals surface area (Å²) in [6.07, 6.45) is 6.37. The first-order valence-electron chi connectivity index (χ1n) is 6.49. The molecule has 0 saturated carbocycles. The van der Waals surface area contributed by atoms with Crippen molar-refractivity contribution in [1.29, 1.82) is 0 Å². The molecule has 0 aliphatic carbocycles. The normalized spacial score (nSPS) is 12.9. The van der Waals surface area contributed by atoms with Gasteiger partial charge in [0, 0.05) is 31.9 Å². The van der Waals surface area contributed by atoms with Crippen molar-refractivity contribution in [1.82, 2.24) is 20.3 Å². The zero-order valence-electron chi connectivity index (χ0n) is 10.9. The van der Waals surface area contributed by atoms with E-state index in [9.17, 15) is 0 Å². The third-order valence-corrected chi connectivity index (χ3v) is 2.75. The molecular weight excluding hydrogens is 216 g/mol. The number of nitrogens with zero attached hydrogens (tertiary/aromatic N) is 3. The summed E-state index contributed by atoms with van der Waals surface area (Å²) in [7, 11) is 0. The summed E-state index contributed by atoms with van der Waals surface area (Å²) in [5.74, 6) is 0. The van der Waals surface area contributed by atoms with Crippen LogP contribution in [0.2, 0.25) is 0 Å². The number of hydrogen-bond acceptors (Lipinski definition) is 4. The van der Waals surface area contributed by atoms with Crippen LogP contribution in [0.4, 0.5) is 0 Å². The van der Waals surface area contributed by atoms with Gasteiger partial charge in [0.2, 0.25) is 0 Å². The standard InChI is InChI=1S/C12H24N4O/c1-3-4-6-11(2)13-9-12-10-16(15-14-12)7-5-8-17/h10-11,13,17H,3-9H2,1-2H3. The quantitative estimate of drug-likeness (QED) is 0.683. The van der Waals surface area contributed by atoms with E-state index < -0.39 is 0 Å². The number of aryl methyl sites for hydroxylation is 1. The van der Waals surface area contributed by atoms with Crippen LogP contribution < -0.4 is 5.32 Å². The van der Waals surface area contributed by atoms with Gasteiger partial charge in [-0.1, -0.05) is 25.0 Å². The molecule has 1 rings (SSSR count). The van der Waals surface area contributed by atoms with Crippen LogP contribution >= 0.6 is 0 Å². The van der Waals surface area contributed by atoms with Gasteiger partial charge in [0.25, 0.3) is 0 Å². The molecule has 0 spiro atoms. The smallest absolute Gasteiger partial charge is 0.0964 e. The number of aromatic nitrogens is 3. The molecule has 1 atom stereocenters. The van der Waals surface area contributed by atoms with Gasteiger partial charge >= 0.3 is 0 Å². The maximum atomic E-state index is 8.72. The van der Waals surface area contributed by atoms with Crippen molar-refractivity contribution in [3.63, 3.8) is 0 Å². The molecule has 5 heteroatoms. The van der Waals surface area contributed by atoms with E-state index >= 15 is 0 Å². The number of nitrogens with one attached hydrogen (secondary N) is 1. The van der Waals surface area contributed by atoms with Crippen molar-refractivity contribution in [2.24, 2.45) is 0 Å². The fourth-order valence-electron chi connectivity index (χ4n) is 1.65. The molecule has 0 bridgehead atoms. The molecule has 1 heterocycles. The molecule has 0 aliphatic rings. The number of aliphatic hydroxyl groups excluding tert-OH is 1. The highest BCUT2D eigenvalue weighted by Gasteiger charge is 2.04. The maximum Gasteiger partial charge on any atom is 0.0964 e. The summed E-state index contributed by atoms with van der Waals surface area (Å²) in [5, 5.41) is 20.3. The van der Waals surface area contributed by atoms with E-state index in [0.717, 1.165) is 25.2 Å². The Bertz CT molecular complexity index is 300. The first-order valence-corrected chi connectivity index (χ1v) is 6.49. The topological polar surface area (TPSA) is 63.0 Å². The first-order chi connectivity index (χ1) is 8.26. The molecular formula is C12H24N4O. The van der Waals surface area contributed by atoms with Crippen LogP contribution in [0.3, 0.4) is 0 Å². The minimum Gasteiger partial charge on any atom is -0.396 e. The van der Waals surface area contributed by atoms with Crippen molar-refractivity contribution < 1.29 is 5.11 Å². The molecule has 0 fully saturated rings. The van der Waals surface area contributed by atoms with E-state index in [-0.39, 0.29) is 6.61 Å². The number of rotatable bonds is 9. The summed E-state index contributed by atoms with van der Waals surface area (Å²) in [6, 6.07) is 0.526. The highest BCUT2D eigenvalue weighted by atomic mass is 16.3. The number of hydrogen-bond donors (Lipinski definition) is 2. The third-order valence-electron chi connectivity index (χ3n) is 2.75. The minimum absolute atomic E-state index is 0.196. The lowest BCUT2D eigenvalue weighted by Crippen LogP contribution is -2.25. The molecule has 5 nitrogen and oxygen atoms in total. The van der Waals surface area contributed by atoms with Crippen LogP contribution in [0.25, 0.3) is 0 Å². The summed E-state index contributed by atoms with van der Waals surface area (Å²) >= 11 is 0. The van der Waals surface area contributed by atoms with Gasteiger partial charge in [-0.3, -0.25) is 4.68 Å². The molecule has 1 aromatic rings. The Morgan fingerprint density at radius 1 is 1.47 bits per heavy atom. The largest absolute Gasteiger partial charge is 0.396 e. The predicted molar refractivity (Wildman–Crippen MR) is 67.6 cm³/mol. The molecule has 2 N–H and O–H groups in total. The Morgan fingerprint density at radius 2 is 2.29 bits per heavy atom. The van der Waals surface area contributed by atoms with Gasteiger partial charge in [0.05, 0.1) is 5.69 Å². The lowest BCUT2D eigenvalue weighted by atomic mass is 10.1. The van der Waals surface area contributed by atoms with Gasteiger partial charge in [-0.15, -0.1) is 5.10 Å². The first kappa shape index (κ1) is 14.1. The minimum atomic E-state index is 0.196. The predicted octanol–water partition coefficient (Wildman–Crippen LogP) is 1.33. The fraction of sp³-hybridized carbons (Fsp3) is 0.833. The van der Waals surface area contributed by atoms with E-state index in [4.69, 9.17) is 5.11 Å². The van der Waals surface area contributed by atoms with Crippen LogP contribution in [-0.4, -0.2) is 32.7 Å². The Labute approximate surface area is 103 Å². The molecule has 0 saturated heterocycles. The summed E-state index contributed by atoms with van der Waals surface area (Å²) in [5.41, 5.74) is 0.964. The lowest BCUT2D eigenvalue weighted by Gasteiger charge is -2.11. The molecule has 0 amide bonds. The molecule has 1 aromatic heterocycles. The van der Waals surface area contributed by atoms with Crippen molar-refractivity contribution in [3.8, 4) is 0 Å². The van der Waals surface area contributed by atoms with Crippen LogP contribution in [0.1, 0.15) is 45.2 Å². The van der Waals surface area contributed by atoms with Crippen molar-refractivity contribution in [2.75, 3.05) is 6.61 Å². The van der Waals surface area contributed by atoms with E-state index in [1.807, 2.05) is 6.20 Å². The third kappa shape index (κ3) is 5.79. The van der Waals surface area contributed by atoms with Gasteiger partial charge in [-0.2, -0.15) is 0 Å². The van der Waals surface area contributed by atoms with Gasteiger partial charge in [0.15, 0.2) is 0 Å². The van der Waals surface area contributed by atoms with Gasteiger partial charge in [-0.25, -0.2) is 0 Å². The second-order valence-corrected chi connectivity index (χ2v) is 4.47. The monoisotopic (exact) mass is 240 g/mol. The van der Waals surface area contributed by atoms with Gasteiger partial charge < -0.3 is 10.4 Å². The van der Waals surface area contributed by atoms with E-state index in [1.54, 1.807) is 4.68 Å². The van der Waals surface area contributed by atoms with Crippen LogP contribution in [-0.2, 0) is 13.1 Å². The fourth-order valence-corrected chi connectivity index (χ4v) is 1.65. The molecule has 1 unspecified atom stereocenters. The highest BCUT2D eigenvalue weighted by molar-refractivity contribution is 4.91. The summed E-state index contributed by atoms with van der Waals surface area (Å²) < 4.78 is 1.78.